The van der Waals surface area contributed by atoms with Crippen molar-refractivity contribution in [2.45, 2.75) is 85.4 Å². The Morgan fingerprint density at radius 1 is 1.00 bits per heavy atom. The molecule has 1 aliphatic rings. The van der Waals surface area contributed by atoms with Gasteiger partial charge in [0, 0.05) is 6.54 Å². The molecule has 2 unspecified atom stereocenters. The number of hydrogen-bond donors (Lipinski definition) is 1. The zero-order chi connectivity index (χ0) is 15.1. The van der Waals surface area contributed by atoms with Gasteiger partial charge in [-0.25, -0.2) is 0 Å². The number of nitrogens with one attached hydrogen (secondary N) is 1. The van der Waals surface area contributed by atoms with E-state index in [0.717, 1.165) is 13.0 Å². The van der Waals surface area contributed by atoms with Crippen molar-refractivity contribution in [3.8, 4) is 0 Å². The third-order valence-corrected chi connectivity index (χ3v) is 4.29. The molecule has 1 fully saturated rings. The number of rotatable bonds is 9. The van der Waals surface area contributed by atoms with Crippen LogP contribution >= 0.6 is 0 Å². The van der Waals surface area contributed by atoms with Crippen molar-refractivity contribution in [1.82, 2.24) is 10.2 Å². The number of unbranched alkanes of at least 4 members (excludes halogenated alkanes) is 5. The molecule has 0 aliphatic carbocycles. The predicted octanol–water partition coefficient (Wildman–Crippen LogP) is 3.79. The van der Waals surface area contributed by atoms with Gasteiger partial charge in [0.05, 0.1) is 12.2 Å². The first kappa shape index (κ1) is 17.5. The fourth-order valence-corrected chi connectivity index (χ4v) is 3.00. The summed E-state index contributed by atoms with van der Waals surface area (Å²) in [7, 11) is 0. The zero-order valence-electron chi connectivity index (χ0n) is 14.1. The number of carbonyl (C=O) groups is 1. The van der Waals surface area contributed by atoms with E-state index in [1.165, 1.54) is 32.1 Å². The van der Waals surface area contributed by atoms with Gasteiger partial charge in [0.1, 0.15) is 0 Å². The largest absolute Gasteiger partial charge is 0.326 e. The van der Waals surface area contributed by atoms with Crippen LogP contribution in [-0.2, 0) is 4.79 Å². The summed E-state index contributed by atoms with van der Waals surface area (Å²) in [6.45, 7) is 11.8. The lowest BCUT2D eigenvalue weighted by molar-refractivity contribution is -0.131. The quantitative estimate of drug-likeness (QED) is 0.653. The molecular formula is C17H34N2O. The van der Waals surface area contributed by atoms with E-state index < -0.39 is 0 Å². The van der Waals surface area contributed by atoms with E-state index in [0.29, 0.717) is 17.7 Å². The van der Waals surface area contributed by atoms with Crippen molar-refractivity contribution in [2.24, 2.45) is 11.8 Å². The fourth-order valence-electron chi connectivity index (χ4n) is 3.00. The van der Waals surface area contributed by atoms with Crippen LogP contribution in [0.4, 0.5) is 0 Å². The Labute approximate surface area is 125 Å². The van der Waals surface area contributed by atoms with Crippen LogP contribution in [0, 0.1) is 11.8 Å². The summed E-state index contributed by atoms with van der Waals surface area (Å²) in [4.78, 5) is 14.6. The minimum absolute atomic E-state index is 0.0162. The molecule has 20 heavy (non-hydrogen) atoms. The average molecular weight is 282 g/mol. The maximum absolute atomic E-state index is 12.5. The summed E-state index contributed by atoms with van der Waals surface area (Å²) in [5, 5.41) is 3.53. The molecule has 3 heteroatoms. The van der Waals surface area contributed by atoms with Crippen molar-refractivity contribution >= 4 is 5.91 Å². The molecule has 3 nitrogen and oxygen atoms in total. The highest BCUT2D eigenvalue weighted by atomic mass is 16.2. The molecule has 0 radical (unpaired) electrons. The van der Waals surface area contributed by atoms with Crippen LogP contribution in [0.3, 0.4) is 0 Å². The third kappa shape index (κ3) is 4.76. The number of hydrogen-bond acceptors (Lipinski definition) is 2. The number of carbonyl (C=O) groups excluding carboxylic acids is 1. The molecule has 1 aliphatic heterocycles. The smallest absolute Gasteiger partial charge is 0.241 e. The Kier molecular flexibility index (Phi) is 7.57. The summed E-state index contributed by atoms with van der Waals surface area (Å²) < 4.78 is 0. The van der Waals surface area contributed by atoms with Crippen molar-refractivity contribution in [3.63, 3.8) is 0 Å². The summed E-state index contributed by atoms with van der Waals surface area (Å²) in [6.07, 6.45) is 7.90. The van der Waals surface area contributed by atoms with E-state index in [-0.39, 0.29) is 12.2 Å². The van der Waals surface area contributed by atoms with Gasteiger partial charge in [-0.1, -0.05) is 66.7 Å². The first-order chi connectivity index (χ1) is 9.49. The summed E-state index contributed by atoms with van der Waals surface area (Å²) in [5.74, 6) is 1.16. The van der Waals surface area contributed by atoms with Gasteiger partial charge >= 0.3 is 0 Å². The van der Waals surface area contributed by atoms with Gasteiger partial charge in [0.15, 0.2) is 0 Å². The van der Waals surface area contributed by atoms with Crippen LogP contribution < -0.4 is 5.32 Å². The van der Waals surface area contributed by atoms with Gasteiger partial charge in [-0.05, 0) is 18.3 Å². The molecule has 1 N–H and O–H groups in total. The van der Waals surface area contributed by atoms with E-state index in [2.05, 4.69) is 44.8 Å². The molecule has 2 atom stereocenters. The SMILES string of the molecule is CCCCCCCCN1C(=O)C(C(C)C)NC1C(C)C. The molecule has 0 saturated carbocycles. The van der Waals surface area contributed by atoms with E-state index in [1.54, 1.807) is 0 Å². The molecule has 1 rings (SSSR count). The molecule has 0 aromatic heterocycles. The molecule has 0 spiro atoms. The topological polar surface area (TPSA) is 32.3 Å². The molecule has 0 aromatic rings. The number of amides is 1. The Morgan fingerprint density at radius 3 is 2.15 bits per heavy atom. The summed E-state index contributed by atoms with van der Waals surface area (Å²) in [5.41, 5.74) is 0. The molecule has 1 amide bonds. The molecule has 118 valence electrons. The monoisotopic (exact) mass is 282 g/mol. The Morgan fingerprint density at radius 2 is 1.60 bits per heavy atom. The second-order valence-electron chi connectivity index (χ2n) is 6.88. The normalized spacial score (nSPS) is 23.4. The maximum atomic E-state index is 12.5. The third-order valence-electron chi connectivity index (χ3n) is 4.29. The highest BCUT2D eigenvalue weighted by molar-refractivity contribution is 5.84. The van der Waals surface area contributed by atoms with E-state index in [9.17, 15) is 4.79 Å². The van der Waals surface area contributed by atoms with Crippen LogP contribution in [0.15, 0.2) is 0 Å². The van der Waals surface area contributed by atoms with Crippen molar-refractivity contribution in [1.29, 1.82) is 0 Å². The Balaban J connectivity index is 2.42. The van der Waals surface area contributed by atoms with Gasteiger partial charge in [0.25, 0.3) is 0 Å². The molecule has 1 heterocycles. The summed E-state index contributed by atoms with van der Waals surface area (Å²) >= 11 is 0. The predicted molar refractivity (Wildman–Crippen MR) is 85.5 cm³/mol. The molecule has 0 bridgehead atoms. The van der Waals surface area contributed by atoms with Crippen LogP contribution in [0.1, 0.15) is 73.1 Å². The lowest BCUT2D eigenvalue weighted by Gasteiger charge is -2.27. The van der Waals surface area contributed by atoms with Crippen molar-refractivity contribution in [2.75, 3.05) is 6.54 Å². The lowest BCUT2D eigenvalue weighted by atomic mass is 10.0. The zero-order valence-corrected chi connectivity index (χ0v) is 14.1. The van der Waals surface area contributed by atoms with Crippen LogP contribution in [0.2, 0.25) is 0 Å². The van der Waals surface area contributed by atoms with E-state index in [4.69, 9.17) is 0 Å². The molecule has 0 aromatic carbocycles. The van der Waals surface area contributed by atoms with Crippen LogP contribution in [-0.4, -0.2) is 29.6 Å². The van der Waals surface area contributed by atoms with Gasteiger partial charge in [0.2, 0.25) is 5.91 Å². The standard InChI is InChI=1S/C17H34N2O/c1-6-7-8-9-10-11-12-19-16(14(4)5)18-15(13(2)3)17(19)20/h13-16,18H,6-12H2,1-5H3. The summed E-state index contributed by atoms with van der Waals surface area (Å²) in [6, 6.07) is 0.0162. The van der Waals surface area contributed by atoms with Gasteiger partial charge in [-0.15, -0.1) is 0 Å². The van der Waals surface area contributed by atoms with Crippen LogP contribution in [0.5, 0.6) is 0 Å². The second kappa shape index (κ2) is 8.66. The molecular weight excluding hydrogens is 248 g/mol. The molecule has 1 saturated heterocycles. The average Bonchev–Trinajstić information content (AvgIpc) is 2.71. The minimum Gasteiger partial charge on any atom is -0.326 e. The van der Waals surface area contributed by atoms with E-state index in [1.807, 2.05) is 0 Å². The van der Waals surface area contributed by atoms with Gasteiger partial charge in [-0.2, -0.15) is 0 Å². The highest BCUT2D eigenvalue weighted by Crippen LogP contribution is 2.22. The lowest BCUT2D eigenvalue weighted by Crippen LogP contribution is -2.42. The minimum atomic E-state index is 0.0162. The van der Waals surface area contributed by atoms with Crippen molar-refractivity contribution < 1.29 is 4.79 Å². The van der Waals surface area contributed by atoms with Gasteiger partial charge in [-0.3, -0.25) is 10.1 Å². The number of nitrogens with zero attached hydrogens (tertiary/aromatic N) is 1. The van der Waals surface area contributed by atoms with Crippen LogP contribution in [0.25, 0.3) is 0 Å². The fraction of sp³-hybridized carbons (Fsp3) is 0.941. The first-order valence-electron chi connectivity index (χ1n) is 8.55. The van der Waals surface area contributed by atoms with Crippen molar-refractivity contribution in [3.05, 3.63) is 0 Å². The van der Waals surface area contributed by atoms with Gasteiger partial charge < -0.3 is 4.90 Å². The van der Waals surface area contributed by atoms with E-state index >= 15 is 0 Å². The maximum Gasteiger partial charge on any atom is 0.241 e. The first-order valence-corrected chi connectivity index (χ1v) is 8.55. The highest BCUT2D eigenvalue weighted by Gasteiger charge is 2.40. The second-order valence-corrected chi connectivity index (χ2v) is 6.88. The Hall–Kier alpha value is -0.570. The Bertz CT molecular complexity index is 289.